The Morgan fingerprint density at radius 3 is 2.24 bits per heavy atom. The van der Waals surface area contributed by atoms with Gasteiger partial charge in [0, 0.05) is 38.3 Å². The van der Waals surface area contributed by atoms with Crippen LogP contribution in [0.3, 0.4) is 0 Å². The predicted octanol–water partition coefficient (Wildman–Crippen LogP) is 1.49. The maximum absolute atomic E-state index is 14.7. The number of esters is 1. The number of rotatable bonds is 9. The Labute approximate surface area is 356 Å². The van der Waals surface area contributed by atoms with Gasteiger partial charge in [0.1, 0.15) is 54.0 Å². The molecule has 0 aromatic heterocycles. The van der Waals surface area contributed by atoms with E-state index in [2.05, 4.69) is 21.3 Å². The third-order valence-electron chi connectivity index (χ3n) is 11.0. The van der Waals surface area contributed by atoms with Gasteiger partial charge in [0.05, 0.1) is 6.10 Å². The van der Waals surface area contributed by atoms with E-state index < -0.39 is 116 Å². The summed E-state index contributed by atoms with van der Waals surface area (Å²) in [6.07, 6.45) is -3.24. The van der Waals surface area contributed by atoms with Gasteiger partial charge in [-0.25, -0.2) is 22.9 Å². The van der Waals surface area contributed by atoms with Crippen LogP contribution in [0.5, 0.6) is 0 Å². The van der Waals surface area contributed by atoms with Crippen molar-refractivity contribution in [1.29, 1.82) is 0 Å². The normalized spacial score (nSPS) is 26.3. The number of phosphoric ester groups is 1. The largest absolute Gasteiger partial charge is 0.469 e. The third kappa shape index (κ3) is 11.7. The van der Waals surface area contributed by atoms with Gasteiger partial charge < -0.3 is 50.5 Å². The lowest BCUT2D eigenvalue weighted by molar-refractivity contribution is -0.163. The van der Waals surface area contributed by atoms with Crippen molar-refractivity contribution in [3.05, 3.63) is 65.2 Å². The van der Waals surface area contributed by atoms with E-state index >= 15 is 0 Å². The third-order valence-corrected chi connectivity index (χ3v) is 11.6. The molecule has 22 heteroatoms. The van der Waals surface area contributed by atoms with Gasteiger partial charge >= 0.3 is 19.8 Å². The van der Waals surface area contributed by atoms with Crippen LogP contribution in [0.1, 0.15) is 58.1 Å². The molecule has 62 heavy (non-hydrogen) atoms. The van der Waals surface area contributed by atoms with Gasteiger partial charge in [-0.3, -0.25) is 28.5 Å². The summed E-state index contributed by atoms with van der Waals surface area (Å²) >= 11 is 0. The van der Waals surface area contributed by atoms with Crippen molar-refractivity contribution in [3.63, 3.8) is 0 Å². The van der Waals surface area contributed by atoms with Crippen LogP contribution in [0.25, 0.3) is 0 Å². The number of likely N-dealkylation sites (N-methyl/N-ethyl adjacent to an activating group) is 1. The molecule has 2 aromatic carbocycles. The summed E-state index contributed by atoms with van der Waals surface area (Å²) in [6, 6.07) is -0.707. The lowest BCUT2D eigenvalue weighted by Crippen LogP contribution is -2.63. The number of benzene rings is 2. The summed E-state index contributed by atoms with van der Waals surface area (Å²) in [4.78, 5) is 121. The van der Waals surface area contributed by atoms with Crippen LogP contribution in [0, 0.1) is 24.5 Å². The Hall–Kier alpha value is -5.50. The summed E-state index contributed by atoms with van der Waals surface area (Å²) < 4.78 is 51.3. The van der Waals surface area contributed by atoms with Crippen molar-refractivity contribution in [2.75, 3.05) is 25.5 Å². The smallest absolute Gasteiger partial charge is 0.458 e. The summed E-state index contributed by atoms with van der Waals surface area (Å²) in [7, 11) is -4.08. The Bertz CT molecular complexity index is 2090. The Morgan fingerprint density at radius 1 is 0.968 bits per heavy atom. The van der Waals surface area contributed by atoms with Crippen molar-refractivity contribution in [1.82, 2.24) is 30.7 Å². The first-order valence-corrected chi connectivity index (χ1v) is 21.6. The Morgan fingerprint density at radius 2 is 1.61 bits per heavy atom. The fourth-order valence-corrected chi connectivity index (χ4v) is 8.59. The highest BCUT2D eigenvalue weighted by Crippen LogP contribution is 2.39. The summed E-state index contributed by atoms with van der Waals surface area (Å²) in [5.41, 5.74) is 1.20. The van der Waals surface area contributed by atoms with Gasteiger partial charge in [-0.2, -0.15) is 0 Å². The van der Waals surface area contributed by atoms with E-state index in [1.54, 1.807) is 31.2 Å². The molecular weight excluding hydrogens is 839 g/mol. The number of fused-ring (bicyclic) bond motifs is 2. The van der Waals surface area contributed by atoms with Crippen molar-refractivity contribution in [2.45, 2.75) is 109 Å². The first-order valence-electron chi connectivity index (χ1n) is 20.0. The number of carbonyl (C=O) groups is 7. The fourth-order valence-electron chi connectivity index (χ4n) is 8.04. The molecule has 0 spiro atoms. The summed E-state index contributed by atoms with van der Waals surface area (Å²) in [5.74, 6) is -7.72. The first kappa shape index (κ1) is 47.5. The number of nitrogens with zero attached hydrogens (tertiary/aromatic N) is 3. The van der Waals surface area contributed by atoms with Crippen molar-refractivity contribution in [3.8, 4) is 0 Å². The number of amides is 7. The SMILES string of the molecule is Cc1ccc(NC(=O)N[C@@H](Cc2cc(F)cc(F)c2)C(=O)N[C@@H]2C(=O)N3CCC[C@H]3C(=O)N(C)[C@@H]([C@H](C)OP(=O)(O)O)C(=O)N[C@@H](C)C(=O)N3C[C@H](C)C[C@H]3C(=O)O[C@H]2C)cc1. The summed E-state index contributed by atoms with van der Waals surface area (Å²) in [5, 5.41) is 10.1. The van der Waals surface area contributed by atoms with E-state index in [0.717, 1.165) is 41.5 Å². The van der Waals surface area contributed by atoms with Gasteiger partial charge in [0.25, 0.3) is 0 Å². The predicted molar refractivity (Wildman–Crippen MR) is 215 cm³/mol. The molecule has 6 N–H and O–H groups in total. The highest BCUT2D eigenvalue weighted by Gasteiger charge is 2.48. The standard InChI is InChI=1S/C40H52F2N7O12P/c1-20-9-11-28(12-10-20)44-40(56)45-29(17-25-15-26(41)18-27(42)16-25)34(50)46-32-23(4)60-39(55)31-14-21(2)19-49(31)36(52)22(3)43-35(51)33(24(5)61-62(57,58)59)47(6)37(53)30-8-7-13-48(30)38(32)54/h9-12,15-16,18,21-24,29-33H,7-8,13-14,17,19H2,1-6H3,(H,43,51)(H,46,50)(H2,44,45,56)(H2,57,58,59)/t21-,22+,23+,24+,29+,30+,31+,32+,33+/m1/s1. The van der Waals surface area contributed by atoms with Gasteiger partial charge in [-0.15, -0.1) is 0 Å². The molecule has 2 aromatic rings. The van der Waals surface area contributed by atoms with Gasteiger partial charge in [-0.1, -0.05) is 24.6 Å². The molecule has 5 rings (SSSR count). The number of carbonyl (C=O) groups excluding carboxylic acids is 7. The van der Waals surface area contributed by atoms with Crippen LogP contribution < -0.4 is 21.3 Å². The van der Waals surface area contributed by atoms with E-state index in [-0.39, 0.29) is 43.8 Å². The zero-order chi connectivity index (χ0) is 45.8. The highest BCUT2D eigenvalue weighted by molar-refractivity contribution is 7.46. The van der Waals surface area contributed by atoms with Crippen LogP contribution in [0.4, 0.5) is 19.3 Å². The molecule has 3 heterocycles. The molecule has 0 bridgehead atoms. The minimum Gasteiger partial charge on any atom is -0.458 e. The van der Waals surface area contributed by atoms with Crippen LogP contribution in [-0.2, 0) is 49.0 Å². The molecule has 3 saturated heterocycles. The molecule has 7 amide bonds. The molecular formula is C40H52F2N7O12P. The molecule has 3 aliphatic heterocycles. The van der Waals surface area contributed by atoms with E-state index in [4.69, 9.17) is 9.26 Å². The summed E-state index contributed by atoms with van der Waals surface area (Å²) in [6.45, 7) is 7.37. The topological polar surface area (TPSA) is 253 Å². The van der Waals surface area contributed by atoms with Crippen LogP contribution in [0.15, 0.2) is 42.5 Å². The number of hydrogen-bond donors (Lipinski definition) is 6. The molecule has 0 saturated carbocycles. The van der Waals surface area contributed by atoms with E-state index in [0.29, 0.717) is 11.8 Å². The molecule has 3 fully saturated rings. The number of ether oxygens (including phenoxy) is 1. The van der Waals surface area contributed by atoms with Crippen molar-refractivity contribution in [2.24, 2.45) is 5.92 Å². The minimum atomic E-state index is -5.24. The number of anilines is 1. The Kier molecular flexibility index (Phi) is 15.1. The monoisotopic (exact) mass is 891 g/mol. The van der Waals surface area contributed by atoms with Crippen molar-refractivity contribution >= 4 is 55.0 Å². The maximum atomic E-state index is 14.7. The van der Waals surface area contributed by atoms with Crippen LogP contribution in [0.2, 0.25) is 0 Å². The van der Waals surface area contributed by atoms with E-state index in [1.165, 1.54) is 18.7 Å². The lowest BCUT2D eigenvalue weighted by Gasteiger charge is -2.37. The zero-order valence-electron chi connectivity index (χ0n) is 35.0. The first-order chi connectivity index (χ1) is 29.0. The number of urea groups is 1. The molecule has 19 nitrogen and oxygen atoms in total. The molecule has 3 aliphatic rings. The maximum Gasteiger partial charge on any atom is 0.469 e. The van der Waals surface area contributed by atoms with Crippen LogP contribution >= 0.6 is 7.82 Å². The average Bonchev–Trinajstić information content (AvgIpc) is 3.82. The molecule has 338 valence electrons. The number of halogens is 2. The average molecular weight is 892 g/mol. The Balaban J connectivity index is 1.54. The van der Waals surface area contributed by atoms with Crippen molar-refractivity contribution < 1.29 is 66.0 Å². The number of nitrogens with one attached hydrogen (secondary N) is 4. The van der Waals surface area contributed by atoms with Gasteiger partial charge in [0.15, 0.2) is 0 Å². The highest BCUT2D eigenvalue weighted by atomic mass is 31.2. The molecule has 9 atom stereocenters. The second-order valence-corrected chi connectivity index (χ2v) is 17.3. The van der Waals surface area contributed by atoms with Gasteiger partial charge in [-0.05, 0) is 82.7 Å². The zero-order valence-corrected chi connectivity index (χ0v) is 35.9. The molecule has 0 radical (unpaired) electrons. The number of hydrogen-bond acceptors (Lipinski definition) is 10. The quantitative estimate of drug-likeness (QED) is 0.155. The number of cyclic esters (lactones) is 1. The second-order valence-electron chi connectivity index (χ2n) is 16.1. The minimum absolute atomic E-state index is 0.0319. The van der Waals surface area contributed by atoms with Gasteiger partial charge in [0.2, 0.25) is 29.5 Å². The van der Waals surface area contributed by atoms with Crippen LogP contribution in [-0.4, -0.2) is 135 Å². The fraction of sp³-hybridized carbons (Fsp3) is 0.525. The van der Waals surface area contributed by atoms with E-state index in [9.17, 15) is 56.7 Å². The molecule has 0 unspecified atom stereocenters. The lowest BCUT2D eigenvalue weighted by atomic mass is 10.0. The van der Waals surface area contributed by atoms with E-state index in [1.807, 2.05) is 6.92 Å². The second kappa shape index (κ2) is 19.7. The number of phosphoric acid groups is 1. The molecule has 0 aliphatic carbocycles. The number of aryl methyl sites for hydroxylation is 1.